The van der Waals surface area contributed by atoms with Gasteiger partial charge in [0.1, 0.15) is 0 Å². The van der Waals surface area contributed by atoms with Crippen molar-refractivity contribution in [3.8, 4) is 12.3 Å². The Kier molecular flexibility index (Phi) is 3.79. The third-order valence-electron chi connectivity index (χ3n) is 2.91. The van der Waals surface area contributed by atoms with Gasteiger partial charge in [0.2, 0.25) is 5.91 Å². The van der Waals surface area contributed by atoms with Crippen LogP contribution in [-0.2, 0) is 9.53 Å². The summed E-state index contributed by atoms with van der Waals surface area (Å²) in [6, 6.07) is 7.29. The molecule has 2 rings (SSSR count). The van der Waals surface area contributed by atoms with E-state index < -0.39 is 0 Å². The molecule has 1 aromatic rings. The second-order valence-electron chi connectivity index (χ2n) is 4.10. The van der Waals surface area contributed by atoms with E-state index in [1.807, 2.05) is 24.3 Å². The molecule has 1 aliphatic heterocycles. The van der Waals surface area contributed by atoms with E-state index in [1.165, 1.54) is 0 Å². The molecule has 1 fully saturated rings. The maximum atomic E-state index is 11.9. The molecular formula is C14H15NO2. The van der Waals surface area contributed by atoms with E-state index in [0.717, 1.165) is 24.1 Å². The first-order valence-corrected chi connectivity index (χ1v) is 5.75. The standard InChI is InChI=1S/C14H15NO2/c1-2-11-3-5-13(6-4-11)15-14(16)12-7-9-17-10-8-12/h1,3-6,12H,7-10H2,(H,15,16). The first-order valence-electron chi connectivity index (χ1n) is 5.75. The molecule has 0 spiro atoms. The zero-order chi connectivity index (χ0) is 12.1. The Morgan fingerprint density at radius 2 is 1.94 bits per heavy atom. The molecule has 1 N–H and O–H groups in total. The molecule has 0 saturated carbocycles. The molecule has 88 valence electrons. The van der Waals surface area contributed by atoms with Gasteiger partial charge in [0.05, 0.1) is 0 Å². The van der Waals surface area contributed by atoms with Crippen LogP contribution in [0.15, 0.2) is 24.3 Å². The summed E-state index contributed by atoms with van der Waals surface area (Å²) in [6.07, 6.45) is 6.87. The van der Waals surface area contributed by atoms with E-state index >= 15 is 0 Å². The zero-order valence-electron chi connectivity index (χ0n) is 9.61. The lowest BCUT2D eigenvalue weighted by Crippen LogP contribution is -2.28. The smallest absolute Gasteiger partial charge is 0.227 e. The Hall–Kier alpha value is -1.79. The molecule has 0 atom stereocenters. The molecule has 1 heterocycles. The Labute approximate surface area is 101 Å². The normalized spacial score (nSPS) is 16.2. The Morgan fingerprint density at radius 3 is 2.53 bits per heavy atom. The van der Waals surface area contributed by atoms with E-state index in [2.05, 4.69) is 11.2 Å². The number of benzene rings is 1. The van der Waals surface area contributed by atoms with Crippen molar-refractivity contribution in [2.24, 2.45) is 5.92 Å². The van der Waals surface area contributed by atoms with Gasteiger partial charge in [-0.3, -0.25) is 4.79 Å². The molecule has 3 nitrogen and oxygen atoms in total. The van der Waals surface area contributed by atoms with Crippen molar-refractivity contribution in [2.45, 2.75) is 12.8 Å². The third-order valence-corrected chi connectivity index (χ3v) is 2.91. The lowest BCUT2D eigenvalue weighted by atomic mass is 9.99. The molecule has 0 radical (unpaired) electrons. The van der Waals surface area contributed by atoms with Crippen molar-refractivity contribution in [1.82, 2.24) is 0 Å². The summed E-state index contributed by atoms with van der Waals surface area (Å²) in [6.45, 7) is 1.35. The van der Waals surface area contributed by atoms with E-state index in [0.29, 0.717) is 13.2 Å². The molecule has 0 unspecified atom stereocenters. The molecule has 3 heteroatoms. The van der Waals surface area contributed by atoms with Crippen LogP contribution in [0.1, 0.15) is 18.4 Å². The molecule has 0 bridgehead atoms. The highest BCUT2D eigenvalue weighted by atomic mass is 16.5. The second kappa shape index (κ2) is 5.51. The van der Waals surface area contributed by atoms with Crippen LogP contribution in [0.5, 0.6) is 0 Å². The zero-order valence-corrected chi connectivity index (χ0v) is 9.61. The number of terminal acetylenes is 1. The van der Waals surface area contributed by atoms with Crippen LogP contribution in [0.4, 0.5) is 5.69 Å². The number of nitrogens with one attached hydrogen (secondary N) is 1. The third kappa shape index (κ3) is 3.08. The minimum absolute atomic E-state index is 0.0658. The van der Waals surface area contributed by atoms with E-state index in [4.69, 9.17) is 11.2 Å². The van der Waals surface area contributed by atoms with Crippen LogP contribution in [-0.4, -0.2) is 19.1 Å². The van der Waals surface area contributed by atoms with E-state index in [9.17, 15) is 4.79 Å². The first-order chi connectivity index (χ1) is 8.29. The van der Waals surface area contributed by atoms with Crippen molar-refractivity contribution in [2.75, 3.05) is 18.5 Å². The number of anilines is 1. The molecule has 1 aliphatic rings. The van der Waals surface area contributed by atoms with Gasteiger partial charge < -0.3 is 10.1 Å². The Balaban J connectivity index is 1.95. The maximum absolute atomic E-state index is 11.9. The Bertz CT molecular complexity index is 425. The maximum Gasteiger partial charge on any atom is 0.227 e. The van der Waals surface area contributed by atoms with Gasteiger partial charge >= 0.3 is 0 Å². The van der Waals surface area contributed by atoms with Gasteiger partial charge in [0.25, 0.3) is 0 Å². The lowest BCUT2D eigenvalue weighted by molar-refractivity contribution is -0.122. The largest absolute Gasteiger partial charge is 0.381 e. The average molecular weight is 229 g/mol. The first kappa shape index (κ1) is 11.7. The van der Waals surface area contributed by atoms with Crippen LogP contribution in [0, 0.1) is 18.3 Å². The van der Waals surface area contributed by atoms with E-state index in [1.54, 1.807) is 0 Å². The fourth-order valence-corrected chi connectivity index (χ4v) is 1.85. The molecule has 1 saturated heterocycles. The predicted molar refractivity (Wildman–Crippen MR) is 66.5 cm³/mol. The van der Waals surface area contributed by atoms with Crippen LogP contribution in [0.2, 0.25) is 0 Å². The van der Waals surface area contributed by atoms with E-state index in [-0.39, 0.29) is 11.8 Å². The van der Waals surface area contributed by atoms with Crippen LogP contribution in [0.3, 0.4) is 0 Å². The monoisotopic (exact) mass is 229 g/mol. The molecule has 17 heavy (non-hydrogen) atoms. The summed E-state index contributed by atoms with van der Waals surface area (Å²) in [4.78, 5) is 11.9. The van der Waals surface area contributed by atoms with Crippen molar-refractivity contribution in [1.29, 1.82) is 0 Å². The predicted octanol–water partition coefficient (Wildman–Crippen LogP) is 2.03. The van der Waals surface area contributed by atoms with Crippen LogP contribution >= 0.6 is 0 Å². The number of carbonyl (C=O) groups excluding carboxylic acids is 1. The number of hydrogen-bond donors (Lipinski definition) is 1. The summed E-state index contributed by atoms with van der Waals surface area (Å²) >= 11 is 0. The topological polar surface area (TPSA) is 38.3 Å². The molecule has 1 amide bonds. The number of rotatable bonds is 2. The summed E-state index contributed by atoms with van der Waals surface area (Å²) < 4.78 is 5.23. The molecule has 1 aromatic carbocycles. The fraction of sp³-hybridized carbons (Fsp3) is 0.357. The summed E-state index contributed by atoms with van der Waals surface area (Å²) in [5.74, 6) is 2.68. The summed E-state index contributed by atoms with van der Waals surface area (Å²) in [5.41, 5.74) is 1.61. The van der Waals surface area contributed by atoms with Crippen molar-refractivity contribution in [3.05, 3.63) is 29.8 Å². The van der Waals surface area contributed by atoms with Crippen LogP contribution < -0.4 is 5.32 Å². The SMILES string of the molecule is C#Cc1ccc(NC(=O)C2CCOCC2)cc1. The minimum Gasteiger partial charge on any atom is -0.381 e. The number of hydrogen-bond acceptors (Lipinski definition) is 2. The van der Waals surface area contributed by atoms with Gasteiger partial charge in [-0.2, -0.15) is 0 Å². The van der Waals surface area contributed by atoms with Crippen molar-refractivity contribution < 1.29 is 9.53 Å². The minimum atomic E-state index is 0.0658. The van der Waals surface area contributed by atoms with Crippen molar-refractivity contribution in [3.63, 3.8) is 0 Å². The van der Waals surface area contributed by atoms with Gasteiger partial charge in [-0.15, -0.1) is 6.42 Å². The highest BCUT2D eigenvalue weighted by Gasteiger charge is 2.21. The molecular weight excluding hydrogens is 214 g/mol. The quantitative estimate of drug-likeness (QED) is 0.788. The second-order valence-corrected chi connectivity index (χ2v) is 4.10. The molecule has 0 aromatic heterocycles. The fourth-order valence-electron chi connectivity index (χ4n) is 1.85. The van der Waals surface area contributed by atoms with Gasteiger partial charge in [-0.1, -0.05) is 5.92 Å². The van der Waals surface area contributed by atoms with Gasteiger partial charge in [-0.25, -0.2) is 0 Å². The van der Waals surface area contributed by atoms with Crippen molar-refractivity contribution >= 4 is 11.6 Å². The van der Waals surface area contributed by atoms with Gasteiger partial charge in [0.15, 0.2) is 0 Å². The van der Waals surface area contributed by atoms with Gasteiger partial charge in [-0.05, 0) is 37.1 Å². The highest BCUT2D eigenvalue weighted by Crippen LogP contribution is 2.17. The molecule has 0 aliphatic carbocycles. The highest BCUT2D eigenvalue weighted by molar-refractivity contribution is 5.92. The summed E-state index contributed by atoms with van der Waals surface area (Å²) in [7, 11) is 0. The van der Waals surface area contributed by atoms with Gasteiger partial charge in [0, 0.05) is 30.4 Å². The lowest BCUT2D eigenvalue weighted by Gasteiger charge is -2.21. The number of ether oxygens (including phenoxy) is 1. The Morgan fingerprint density at radius 1 is 1.29 bits per heavy atom. The summed E-state index contributed by atoms with van der Waals surface area (Å²) in [5, 5.41) is 2.90. The number of carbonyl (C=O) groups is 1. The number of amides is 1. The average Bonchev–Trinajstić information content (AvgIpc) is 2.40. The van der Waals surface area contributed by atoms with Crippen LogP contribution in [0.25, 0.3) is 0 Å².